The molecule has 0 radical (unpaired) electrons. The van der Waals surface area contributed by atoms with Crippen LogP contribution in [0.2, 0.25) is 0 Å². The molecule has 0 aromatic heterocycles. The van der Waals surface area contributed by atoms with Gasteiger partial charge >= 0.3 is 0 Å². The maximum absolute atomic E-state index is 13.1. The molecule has 5 nitrogen and oxygen atoms in total. The SMILES string of the molecule is Cc1c(C)c2c(c(C)c1O)CCC(C)(C(=O)NCC(C)(C)COCC(C)(C)CBr)O2. The molecule has 1 aromatic carbocycles. The minimum Gasteiger partial charge on any atom is -0.507 e. The predicted octanol–water partition coefficient (Wildman–Crippen LogP) is 4.98. The first kappa shape index (κ1) is 25.0. The number of aromatic hydroxyl groups is 1. The Morgan fingerprint density at radius 2 is 1.73 bits per heavy atom. The summed E-state index contributed by atoms with van der Waals surface area (Å²) in [5.41, 5.74) is 2.52. The van der Waals surface area contributed by atoms with Gasteiger partial charge in [0.25, 0.3) is 5.91 Å². The molecule has 1 amide bonds. The zero-order valence-electron chi connectivity index (χ0n) is 19.8. The van der Waals surface area contributed by atoms with Crippen molar-refractivity contribution < 1.29 is 19.4 Å². The lowest BCUT2D eigenvalue weighted by atomic mass is 9.86. The summed E-state index contributed by atoms with van der Waals surface area (Å²) in [6.07, 6.45) is 1.28. The number of amides is 1. The minimum absolute atomic E-state index is 0.0820. The number of rotatable bonds is 8. The molecule has 2 N–H and O–H groups in total. The third-order valence-corrected chi connectivity index (χ3v) is 7.59. The fourth-order valence-corrected chi connectivity index (χ4v) is 3.77. The topological polar surface area (TPSA) is 67.8 Å². The van der Waals surface area contributed by atoms with E-state index < -0.39 is 5.60 Å². The summed E-state index contributed by atoms with van der Waals surface area (Å²) in [5, 5.41) is 14.3. The van der Waals surface area contributed by atoms with Crippen molar-refractivity contribution in [2.75, 3.05) is 25.1 Å². The maximum atomic E-state index is 13.1. The lowest BCUT2D eigenvalue weighted by Crippen LogP contribution is -2.53. The standard InChI is InChI=1S/C24H38BrNO4/c1-15-16(2)20-18(17(3)19(15)27)9-10-24(8,30-20)21(28)26-12-23(6,7)14-29-13-22(4,5)11-25/h27H,9-14H2,1-8H3,(H,26,28). The smallest absolute Gasteiger partial charge is 0.263 e. The number of carbonyl (C=O) groups excluding carboxylic acids is 1. The van der Waals surface area contributed by atoms with Gasteiger partial charge in [-0.1, -0.05) is 43.6 Å². The van der Waals surface area contributed by atoms with Crippen molar-refractivity contribution in [3.05, 3.63) is 22.3 Å². The van der Waals surface area contributed by atoms with Crippen LogP contribution in [0.3, 0.4) is 0 Å². The highest BCUT2D eigenvalue weighted by molar-refractivity contribution is 9.09. The average Bonchev–Trinajstić information content (AvgIpc) is 2.68. The molecule has 0 fully saturated rings. The molecule has 1 aliphatic heterocycles. The third kappa shape index (κ3) is 5.50. The lowest BCUT2D eigenvalue weighted by molar-refractivity contribution is -0.137. The zero-order chi connectivity index (χ0) is 22.9. The Labute approximate surface area is 190 Å². The summed E-state index contributed by atoms with van der Waals surface area (Å²) in [4.78, 5) is 13.1. The maximum Gasteiger partial charge on any atom is 0.263 e. The number of halogens is 1. The number of hydrogen-bond acceptors (Lipinski definition) is 4. The van der Waals surface area contributed by atoms with Gasteiger partial charge in [-0.2, -0.15) is 0 Å². The number of phenolic OH excluding ortho intramolecular Hbond substituents is 1. The number of phenols is 1. The first-order valence-electron chi connectivity index (χ1n) is 10.7. The van der Waals surface area contributed by atoms with Crippen molar-refractivity contribution >= 4 is 21.8 Å². The molecule has 170 valence electrons. The fourth-order valence-electron chi connectivity index (χ4n) is 3.61. The third-order valence-electron chi connectivity index (χ3n) is 6.07. The number of fused-ring (bicyclic) bond motifs is 1. The van der Waals surface area contributed by atoms with Crippen LogP contribution in [0.4, 0.5) is 0 Å². The average molecular weight is 484 g/mol. The number of ether oxygens (including phenoxy) is 2. The largest absolute Gasteiger partial charge is 0.507 e. The van der Waals surface area contributed by atoms with E-state index in [9.17, 15) is 9.90 Å². The van der Waals surface area contributed by atoms with Crippen LogP contribution in [0.25, 0.3) is 0 Å². The van der Waals surface area contributed by atoms with E-state index in [4.69, 9.17) is 9.47 Å². The summed E-state index contributed by atoms with van der Waals surface area (Å²) in [7, 11) is 0. The van der Waals surface area contributed by atoms with Crippen molar-refractivity contribution in [1.29, 1.82) is 0 Å². The van der Waals surface area contributed by atoms with E-state index in [0.29, 0.717) is 38.3 Å². The lowest BCUT2D eigenvalue weighted by Gasteiger charge is -2.37. The first-order valence-corrected chi connectivity index (χ1v) is 11.8. The molecule has 1 aromatic rings. The summed E-state index contributed by atoms with van der Waals surface area (Å²) >= 11 is 3.52. The van der Waals surface area contributed by atoms with Gasteiger partial charge in [-0.25, -0.2) is 0 Å². The second-order valence-corrected chi connectivity index (χ2v) is 11.1. The Hall–Kier alpha value is -1.27. The van der Waals surface area contributed by atoms with Gasteiger partial charge in [-0.05, 0) is 56.2 Å². The van der Waals surface area contributed by atoms with Gasteiger partial charge in [0, 0.05) is 29.3 Å². The Morgan fingerprint density at radius 3 is 2.33 bits per heavy atom. The highest BCUT2D eigenvalue weighted by atomic mass is 79.9. The van der Waals surface area contributed by atoms with Gasteiger partial charge in [0.15, 0.2) is 5.60 Å². The summed E-state index contributed by atoms with van der Waals surface area (Å²) in [6, 6.07) is 0. The van der Waals surface area contributed by atoms with Crippen molar-refractivity contribution in [3.8, 4) is 11.5 Å². The zero-order valence-corrected chi connectivity index (χ0v) is 21.4. The van der Waals surface area contributed by atoms with Crippen LogP contribution in [0.5, 0.6) is 11.5 Å². The molecule has 2 rings (SSSR count). The van der Waals surface area contributed by atoms with E-state index in [1.165, 1.54) is 0 Å². The Balaban J connectivity index is 2.03. The molecular formula is C24H38BrNO4. The highest BCUT2D eigenvalue weighted by Crippen LogP contribution is 2.43. The van der Waals surface area contributed by atoms with Crippen molar-refractivity contribution in [2.45, 2.75) is 73.8 Å². The van der Waals surface area contributed by atoms with Crippen LogP contribution in [-0.4, -0.2) is 41.7 Å². The molecule has 0 saturated heterocycles. The van der Waals surface area contributed by atoms with Crippen LogP contribution in [0, 0.1) is 31.6 Å². The van der Waals surface area contributed by atoms with E-state index in [1.54, 1.807) is 0 Å². The summed E-state index contributed by atoms with van der Waals surface area (Å²) in [5.74, 6) is 0.962. The fraction of sp³-hybridized carbons (Fsp3) is 0.708. The molecule has 0 spiro atoms. The highest BCUT2D eigenvalue weighted by Gasteiger charge is 2.41. The number of benzene rings is 1. The van der Waals surface area contributed by atoms with Crippen LogP contribution < -0.4 is 10.1 Å². The second kappa shape index (κ2) is 9.07. The normalized spacial score (nSPS) is 19.2. The number of hydrogen-bond donors (Lipinski definition) is 2. The van der Waals surface area contributed by atoms with Gasteiger partial charge in [0.05, 0.1) is 13.2 Å². The van der Waals surface area contributed by atoms with Crippen molar-refractivity contribution in [1.82, 2.24) is 5.32 Å². The molecular weight excluding hydrogens is 446 g/mol. The van der Waals surface area contributed by atoms with Crippen molar-refractivity contribution in [2.24, 2.45) is 10.8 Å². The van der Waals surface area contributed by atoms with E-state index in [-0.39, 0.29) is 16.7 Å². The second-order valence-electron chi connectivity index (χ2n) is 10.5. The molecule has 30 heavy (non-hydrogen) atoms. The molecule has 6 heteroatoms. The summed E-state index contributed by atoms with van der Waals surface area (Å²) < 4.78 is 12.2. The van der Waals surface area contributed by atoms with E-state index >= 15 is 0 Å². The van der Waals surface area contributed by atoms with Crippen LogP contribution in [-0.2, 0) is 16.0 Å². The number of nitrogens with one attached hydrogen (secondary N) is 1. The first-order chi connectivity index (χ1) is 13.7. The van der Waals surface area contributed by atoms with E-state index in [1.807, 2.05) is 27.7 Å². The molecule has 1 unspecified atom stereocenters. The van der Waals surface area contributed by atoms with Crippen LogP contribution in [0.1, 0.15) is 63.3 Å². The Bertz CT molecular complexity index is 803. The van der Waals surface area contributed by atoms with E-state index in [2.05, 4.69) is 48.9 Å². The molecule has 1 aliphatic rings. The van der Waals surface area contributed by atoms with Gasteiger partial charge in [-0.3, -0.25) is 4.79 Å². The molecule has 0 aliphatic carbocycles. The molecule has 1 atom stereocenters. The van der Waals surface area contributed by atoms with Crippen molar-refractivity contribution in [3.63, 3.8) is 0 Å². The predicted molar refractivity (Wildman–Crippen MR) is 125 cm³/mol. The number of alkyl halides is 1. The monoisotopic (exact) mass is 483 g/mol. The molecule has 0 saturated carbocycles. The summed E-state index contributed by atoms with van der Waals surface area (Å²) in [6.45, 7) is 17.8. The molecule has 1 heterocycles. The Morgan fingerprint density at radius 1 is 1.13 bits per heavy atom. The van der Waals surface area contributed by atoms with Gasteiger partial charge in [0.1, 0.15) is 11.5 Å². The Kier molecular flexibility index (Phi) is 7.56. The molecule has 0 bridgehead atoms. The minimum atomic E-state index is -0.928. The van der Waals surface area contributed by atoms with Crippen LogP contribution >= 0.6 is 15.9 Å². The van der Waals surface area contributed by atoms with Gasteiger partial charge in [0.2, 0.25) is 0 Å². The van der Waals surface area contributed by atoms with Crippen LogP contribution in [0.15, 0.2) is 0 Å². The van der Waals surface area contributed by atoms with E-state index in [0.717, 1.165) is 33.3 Å². The van der Waals surface area contributed by atoms with Gasteiger partial charge < -0.3 is 19.9 Å². The van der Waals surface area contributed by atoms with Gasteiger partial charge in [-0.15, -0.1) is 0 Å². The number of carbonyl (C=O) groups is 1. The quantitative estimate of drug-likeness (QED) is 0.511.